The molecular weight excluding hydrogens is 326 g/mol. The highest BCUT2D eigenvalue weighted by Crippen LogP contribution is 2.61. The van der Waals surface area contributed by atoms with Gasteiger partial charge in [0, 0.05) is 12.3 Å². The minimum atomic E-state index is 0.478. The molecular formula is C15H19BrClNO. The van der Waals surface area contributed by atoms with Crippen molar-refractivity contribution in [1.29, 1.82) is 0 Å². The zero-order chi connectivity index (χ0) is 13.6. The number of nitrogens with zero attached hydrogens (tertiary/aromatic N) is 1. The number of aromatic nitrogens is 1. The molecule has 3 aliphatic carbocycles. The molecule has 0 aliphatic heterocycles. The lowest BCUT2D eigenvalue weighted by Crippen LogP contribution is -2.53. The fourth-order valence-electron chi connectivity index (χ4n) is 3.87. The van der Waals surface area contributed by atoms with Crippen molar-refractivity contribution < 1.29 is 4.74 Å². The maximum Gasteiger partial charge on any atom is 0.138 e. The molecule has 4 rings (SSSR count). The second kappa shape index (κ2) is 4.92. The fraction of sp³-hybridized carbons (Fsp3) is 0.667. The zero-order valence-electron chi connectivity index (χ0n) is 11.3. The van der Waals surface area contributed by atoms with Crippen molar-refractivity contribution in [1.82, 2.24) is 4.98 Å². The lowest BCUT2D eigenvalue weighted by molar-refractivity contribution is -0.114. The summed E-state index contributed by atoms with van der Waals surface area (Å²) in [5.41, 5.74) is 0.513. The van der Waals surface area contributed by atoms with Crippen molar-refractivity contribution in [3.63, 3.8) is 0 Å². The average Bonchev–Trinajstić information content (AvgIpc) is 2.40. The quantitative estimate of drug-likeness (QED) is 0.724. The van der Waals surface area contributed by atoms with Crippen molar-refractivity contribution >= 4 is 27.5 Å². The van der Waals surface area contributed by atoms with Crippen LogP contribution in [-0.4, -0.2) is 11.6 Å². The molecule has 4 heteroatoms. The summed E-state index contributed by atoms with van der Waals surface area (Å²) in [6.07, 6.45) is 5.74. The highest BCUT2D eigenvalue weighted by atomic mass is 79.9. The molecule has 1 aromatic heterocycles. The van der Waals surface area contributed by atoms with E-state index in [1.165, 1.54) is 19.3 Å². The van der Waals surface area contributed by atoms with Crippen LogP contribution < -0.4 is 4.74 Å². The zero-order valence-corrected chi connectivity index (χ0v) is 13.7. The van der Waals surface area contributed by atoms with Gasteiger partial charge < -0.3 is 4.74 Å². The Morgan fingerprint density at radius 1 is 1.47 bits per heavy atom. The van der Waals surface area contributed by atoms with Crippen LogP contribution in [-0.2, 0) is 0 Å². The predicted octanol–water partition coefficient (Wildman–Crippen LogP) is 4.95. The Balaban J connectivity index is 1.65. The second-order valence-electron chi connectivity index (χ2n) is 6.45. The summed E-state index contributed by atoms with van der Waals surface area (Å²) in [5.74, 6) is 3.25. The molecule has 2 nitrogen and oxygen atoms in total. The van der Waals surface area contributed by atoms with Crippen LogP contribution in [0, 0.1) is 23.2 Å². The Kier molecular flexibility index (Phi) is 3.55. The molecule has 0 aromatic carbocycles. The van der Waals surface area contributed by atoms with Gasteiger partial charge in [-0.15, -0.1) is 0 Å². The third-order valence-corrected chi connectivity index (χ3v) is 6.04. The van der Waals surface area contributed by atoms with E-state index in [-0.39, 0.29) is 0 Å². The third-order valence-electron chi connectivity index (χ3n) is 5.24. The van der Waals surface area contributed by atoms with Gasteiger partial charge in [-0.2, -0.15) is 0 Å². The number of ether oxygens (including phenoxy) is 1. The minimum absolute atomic E-state index is 0.478. The molecule has 1 aromatic rings. The monoisotopic (exact) mass is 343 g/mol. The molecule has 2 bridgehead atoms. The molecule has 2 unspecified atom stereocenters. The summed E-state index contributed by atoms with van der Waals surface area (Å²) in [6, 6.07) is 1.78. The SMILES string of the molecule is CC1(C)C2C[C@@H]1CCC2COc1cc(Cl)ncc1Br. The van der Waals surface area contributed by atoms with E-state index in [1.807, 2.05) is 0 Å². The van der Waals surface area contributed by atoms with Crippen LogP contribution >= 0.6 is 27.5 Å². The Morgan fingerprint density at radius 2 is 2.26 bits per heavy atom. The first-order chi connectivity index (χ1) is 8.98. The summed E-state index contributed by atoms with van der Waals surface area (Å²) >= 11 is 9.36. The van der Waals surface area contributed by atoms with Gasteiger partial charge in [-0.05, 0) is 58.4 Å². The molecule has 0 saturated heterocycles. The van der Waals surface area contributed by atoms with E-state index in [2.05, 4.69) is 34.8 Å². The molecule has 0 N–H and O–H groups in total. The van der Waals surface area contributed by atoms with E-state index in [0.29, 0.717) is 16.5 Å². The fourth-order valence-corrected chi connectivity index (χ4v) is 4.34. The molecule has 0 amide bonds. The molecule has 3 atom stereocenters. The molecule has 0 radical (unpaired) electrons. The summed E-state index contributed by atoms with van der Waals surface area (Å²) in [7, 11) is 0. The predicted molar refractivity (Wildman–Crippen MR) is 80.5 cm³/mol. The van der Waals surface area contributed by atoms with E-state index in [0.717, 1.165) is 28.7 Å². The van der Waals surface area contributed by atoms with Crippen LogP contribution in [0.2, 0.25) is 5.15 Å². The standard InChI is InChI=1S/C15H19BrClNO/c1-15(2)10-4-3-9(11(15)5-10)8-19-13-6-14(17)18-7-12(13)16/h6-7,9-11H,3-5,8H2,1-2H3/t9?,10-,11?/m0/s1. The van der Waals surface area contributed by atoms with Gasteiger partial charge in [0.05, 0.1) is 11.1 Å². The van der Waals surface area contributed by atoms with Gasteiger partial charge in [-0.1, -0.05) is 25.4 Å². The first-order valence-electron chi connectivity index (χ1n) is 6.92. The van der Waals surface area contributed by atoms with Crippen LogP contribution in [0.25, 0.3) is 0 Å². The molecule has 19 heavy (non-hydrogen) atoms. The number of hydrogen-bond acceptors (Lipinski definition) is 2. The lowest BCUT2D eigenvalue weighted by Gasteiger charge is -2.60. The maximum absolute atomic E-state index is 5.97. The topological polar surface area (TPSA) is 22.1 Å². The summed E-state index contributed by atoms with van der Waals surface area (Å²) < 4.78 is 6.85. The molecule has 0 spiro atoms. The van der Waals surface area contributed by atoms with E-state index in [4.69, 9.17) is 16.3 Å². The van der Waals surface area contributed by atoms with E-state index in [1.54, 1.807) is 12.3 Å². The maximum atomic E-state index is 5.97. The molecule has 3 aliphatic rings. The van der Waals surface area contributed by atoms with Crippen LogP contribution in [0.5, 0.6) is 5.75 Å². The Morgan fingerprint density at radius 3 is 2.95 bits per heavy atom. The molecule has 104 valence electrons. The Hall–Kier alpha value is -0.280. The van der Waals surface area contributed by atoms with E-state index in [9.17, 15) is 0 Å². The van der Waals surface area contributed by atoms with Crippen molar-refractivity contribution in [3.05, 3.63) is 21.9 Å². The number of halogens is 2. The smallest absolute Gasteiger partial charge is 0.138 e. The van der Waals surface area contributed by atoms with E-state index < -0.39 is 0 Å². The summed E-state index contributed by atoms with van der Waals surface area (Å²) in [4.78, 5) is 4.02. The molecule has 1 heterocycles. The summed E-state index contributed by atoms with van der Waals surface area (Å²) in [6.45, 7) is 5.62. The summed E-state index contributed by atoms with van der Waals surface area (Å²) in [5, 5.41) is 0.478. The van der Waals surface area contributed by atoms with Crippen LogP contribution in [0.1, 0.15) is 33.1 Å². The first kappa shape index (κ1) is 13.7. The second-order valence-corrected chi connectivity index (χ2v) is 7.69. The molecule has 3 saturated carbocycles. The first-order valence-corrected chi connectivity index (χ1v) is 8.09. The largest absolute Gasteiger partial charge is 0.492 e. The highest BCUT2D eigenvalue weighted by Gasteiger charge is 2.54. The Labute approximate surface area is 128 Å². The van der Waals surface area contributed by atoms with Gasteiger partial charge in [-0.3, -0.25) is 0 Å². The highest BCUT2D eigenvalue weighted by molar-refractivity contribution is 9.10. The normalized spacial score (nSPS) is 31.7. The number of pyridine rings is 1. The number of fused-ring (bicyclic) bond motifs is 2. The van der Waals surface area contributed by atoms with Crippen molar-refractivity contribution in [2.75, 3.05) is 6.61 Å². The van der Waals surface area contributed by atoms with E-state index >= 15 is 0 Å². The third kappa shape index (κ3) is 2.40. The Bertz CT molecular complexity index is 489. The average molecular weight is 345 g/mol. The van der Waals surface area contributed by atoms with Gasteiger partial charge in [0.2, 0.25) is 0 Å². The van der Waals surface area contributed by atoms with Gasteiger partial charge in [0.15, 0.2) is 0 Å². The van der Waals surface area contributed by atoms with Gasteiger partial charge in [-0.25, -0.2) is 4.98 Å². The molecule has 3 fully saturated rings. The van der Waals surface area contributed by atoms with Crippen LogP contribution in [0.15, 0.2) is 16.7 Å². The van der Waals surface area contributed by atoms with Gasteiger partial charge >= 0.3 is 0 Å². The minimum Gasteiger partial charge on any atom is -0.492 e. The van der Waals surface area contributed by atoms with Crippen molar-refractivity contribution in [2.45, 2.75) is 33.1 Å². The lowest BCUT2D eigenvalue weighted by atomic mass is 9.46. The number of hydrogen-bond donors (Lipinski definition) is 0. The van der Waals surface area contributed by atoms with Crippen molar-refractivity contribution in [2.24, 2.45) is 23.2 Å². The van der Waals surface area contributed by atoms with Crippen LogP contribution in [0.4, 0.5) is 0 Å². The van der Waals surface area contributed by atoms with Gasteiger partial charge in [0.1, 0.15) is 10.9 Å². The number of rotatable bonds is 3. The van der Waals surface area contributed by atoms with Crippen molar-refractivity contribution in [3.8, 4) is 5.75 Å². The van der Waals surface area contributed by atoms with Crippen LogP contribution in [0.3, 0.4) is 0 Å². The van der Waals surface area contributed by atoms with Gasteiger partial charge in [0.25, 0.3) is 0 Å².